The fourth-order valence-corrected chi connectivity index (χ4v) is 8.69. The molecule has 4 aliphatic rings. The molecule has 2 atom stereocenters. The van der Waals surface area contributed by atoms with E-state index in [9.17, 15) is 9.59 Å². The highest BCUT2D eigenvalue weighted by Gasteiger charge is 2.36. The number of ether oxygens (including phenoxy) is 2. The van der Waals surface area contributed by atoms with Crippen molar-refractivity contribution in [1.82, 2.24) is 23.7 Å². The van der Waals surface area contributed by atoms with Crippen molar-refractivity contribution in [2.75, 3.05) is 41.3 Å². The number of morpholine rings is 1. The van der Waals surface area contributed by atoms with Crippen LogP contribution in [0.15, 0.2) is 40.9 Å². The van der Waals surface area contributed by atoms with E-state index in [4.69, 9.17) is 14.0 Å². The zero-order chi connectivity index (χ0) is 36.5. The summed E-state index contributed by atoms with van der Waals surface area (Å²) in [4.78, 5) is 27.7. The third-order valence-electron chi connectivity index (χ3n) is 10.6. The molecule has 276 valence electrons. The first kappa shape index (κ1) is 36.5. The van der Waals surface area contributed by atoms with Gasteiger partial charge in [-0.15, -0.1) is 0 Å². The van der Waals surface area contributed by atoms with Crippen LogP contribution in [-0.4, -0.2) is 84.7 Å². The van der Waals surface area contributed by atoms with Gasteiger partial charge in [0.05, 0.1) is 30.6 Å². The molecule has 0 spiro atoms. The Morgan fingerprint density at radius 3 is 2.42 bits per heavy atom. The van der Waals surface area contributed by atoms with Crippen LogP contribution in [0, 0.1) is 0 Å². The van der Waals surface area contributed by atoms with E-state index < -0.39 is 0 Å². The largest absolute Gasteiger partial charge is 0.497 e. The Balaban J connectivity index is 0.000000410. The zero-order valence-electron chi connectivity index (χ0n) is 31.2. The Hall–Kier alpha value is -3.90. The van der Waals surface area contributed by atoms with Gasteiger partial charge in [-0.3, -0.25) is 14.3 Å². The number of methoxy groups -OCH3 is 1. The lowest BCUT2D eigenvalue weighted by atomic mass is 9.81. The van der Waals surface area contributed by atoms with E-state index in [0.29, 0.717) is 35.9 Å². The van der Waals surface area contributed by atoms with Crippen molar-refractivity contribution >= 4 is 46.9 Å². The van der Waals surface area contributed by atoms with Crippen molar-refractivity contribution in [3.63, 3.8) is 0 Å². The summed E-state index contributed by atoms with van der Waals surface area (Å²) >= 11 is 1.26. The number of aromatic nitrogens is 2. The van der Waals surface area contributed by atoms with Crippen LogP contribution in [0.5, 0.6) is 5.75 Å². The Kier molecular flexibility index (Phi) is 10.9. The van der Waals surface area contributed by atoms with Gasteiger partial charge in [-0.2, -0.15) is 0 Å². The Bertz CT molecular complexity index is 1950. The predicted molar refractivity (Wildman–Crippen MR) is 208 cm³/mol. The molecule has 8 rings (SSSR count). The second-order valence-electron chi connectivity index (χ2n) is 15.1. The number of hydrogen-bond donors (Lipinski definition) is 1. The van der Waals surface area contributed by atoms with E-state index in [-0.39, 0.29) is 11.8 Å². The molecule has 52 heavy (non-hydrogen) atoms. The van der Waals surface area contributed by atoms with Crippen LogP contribution in [0.2, 0.25) is 0 Å². The molecule has 1 N–H and O–H groups in total. The van der Waals surface area contributed by atoms with Crippen LogP contribution < -0.4 is 9.46 Å². The molecular weight excluding hydrogens is 675 g/mol. The lowest BCUT2D eigenvalue weighted by molar-refractivity contribution is -0.0602. The molecule has 2 aliphatic heterocycles. The number of amides is 1. The van der Waals surface area contributed by atoms with Crippen LogP contribution in [0.1, 0.15) is 114 Å². The first-order chi connectivity index (χ1) is 25.1. The van der Waals surface area contributed by atoms with Crippen molar-refractivity contribution in [2.24, 2.45) is 0 Å². The fourth-order valence-electron chi connectivity index (χ4n) is 8.30. The minimum absolute atomic E-state index is 0.136. The van der Waals surface area contributed by atoms with Gasteiger partial charge >= 0.3 is 0 Å². The van der Waals surface area contributed by atoms with Crippen LogP contribution >= 0.6 is 12.1 Å². The zero-order valence-corrected chi connectivity index (χ0v) is 32.1. The highest BCUT2D eigenvalue weighted by atomic mass is 32.2. The predicted octanol–water partition coefficient (Wildman–Crippen LogP) is 8.18. The number of nitrogens with one attached hydrogen (secondary N) is 1. The van der Waals surface area contributed by atoms with Gasteiger partial charge in [0, 0.05) is 59.7 Å². The van der Waals surface area contributed by atoms with Gasteiger partial charge in [0.25, 0.3) is 5.91 Å². The monoisotopic (exact) mass is 725 g/mol. The van der Waals surface area contributed by atoms with Crippen molar-refractivity contribution in [3.05, 3.63) is 70.1 Å². The standard InChI is InChI=1S/C34H36N4O4S.C7H15NO/c1-37(2)43-36-34(40)22-11-13-27-29(17-22)38-18-24(31-28(19-39)35-42-33(31)21-9-10-21)15-23-16-25(41-3)12-14-26(23)32(38)30(27)20-7-5-4-6-8-20;1-6-4-8(3)5-7(2)9-6/h11-17,19-21H,4-10,18H2,1-3H3,(H,36,40);6-7H,4-5H2,1-3H3. The summed E-state index contributed by atoms with van der Waals surface area (Å²) in [5.74, 6) is 2.15. The number of allylic oxidation sites excluding steroid dienone is 1. The van der Waals surface area contributed by atoms with Crippen molar-refractivity contribution in [1.29, 1.82) is 0 Å². The maximum Gasteiger partial charge on any atom is 0.262 e. The van der Waals surface area contributed by atoms with Gasteiger partial charge in [-0.25, -0.2) is 4.31 Å². The Labute approximate surface area is 311 Å². The number of hydrogen-bond acceptors (Lipinski definition) is 9. The molecule has 2 aromatic carbocycles. The molecule has 1 amide bonds. The van der Waals surface area contributed by atoms with E-state index >= 15 is 0 Å². The highest BCUT2D eigenvalue weighted by molar-refractivity contribution is 7.95. The third-order valence-corrected chi connectivity index (χ3v) is 11.2. The normalized spacial score (nSPS) is 20.7. The average molecular weight is 726 g/mol. The molecule has 10 nitrogen and oxygen atoms in total. The maximum atomic E-state index is 13.2. The van der Waals surface area contributed by atoms with Crippen molar-refractivity contribution < 1.29 is 23.6 Å². The fraction of sp³-hybridized carbons (Fsp3) is 0.488. The molecule has 0 bridgehead atoms. The summed E-state index contributed by atoms with van der Waals surface area (Å²) in [6.07, 6.45) is 11.9. The Morgan fingerprint density at radius 1 is 1.02 bits per heavy atom. The molecule has 2 saturated carbocycles. The van der Waals surface area contributed by atoms with Crippen LogP contribution in [0.3, 0.4) is 0 Å². The van der Waals surface area contributed by atoms with Gasteiger partial charge in [-0.1, -0.05) is 30.5 Å². The Morgan fingerprint density at radius 2 is 1.77 bits per heavy atom. The van der Waals surface area contributed by atoms with Crippen LogP contribution in [0.4, 0.5) is 0 Å². The first-order valence-corrected chi connectivity index (χ1v) is 19.4. The minimum atomic E-state index is -0.136. The SMILES string of the molecule is CC1CN(C)CC(C)O1.COc1ccc2c(c1)C=C(c1c(C=O)noc1C1CC1)Cn1c-2c(C2CCCCC2)c2ccc(C(=O)NSN(C)C)cc21. The molecular formula is C41H51N5O5S. The number of fused-ring (bicyclic) bond motifs is 5. The van der Waals surface area contributed by atoms with Crippen molar-refractivity contribution in [2.45, 2.75) is 89.4 Å². The summed E-state index contributed by atoms with van der Waals surface area (Å²) in [7, 11) is 7.61. The molecule has 1 saturated heterocycles. The molecule has 3 fully saturated rings. The number of carbonyl (C=O) groups excluding carboxylic acids is 2. The van der Waals surface area contributed by atoms with E-state index in [1.54, 1.807) is 7.11 Å². The first-order valence-electron chi connectivity index (χ1n) is 18.6. The van der Waals surface area contributed by atoms with E-state index in [1.165, 1.54) is 48.0 Å². The molecule has 2 aromatic heterocycles. The smallest absolute Gasteiger partial charge is 0.262 e. The summed E-state index contributed by atoms with van der Waals surface area (Å²) in [6, 6.07) is 12.4. The van der Waals surface area contributed by atoms with Gasteiger partial charge in [-0.05, 0) is 120 Å². The average Bonchev–Trinajstić information content (AvgIpc) is 3.84. The number of rotatable bonds is 8. The summed E-state index contributed by atoms with van der Waals surface area (Å²) in [5.41, 5.74) is 8.44. The summed E-state index contributed by atoms with van der Waals surface area (Å²) < 4.78 is 24.1. The number of likely N-dealkylation sites (N-methyl/N-ethyl adjacent to an activating group) is 1. The molecule has 0 radical (unpaired) electrons. The van der Waals surface area contributed by atoms with Gasteiger partial charge in [0.15, 0.2) is 12.0 Å². The highest BCUT2D eigenvalue weighted by Crippen LogP contribution is 2.50. The lowest BCUT2D eigenvalue weighted by Crippen LogP contribution is -2.42. The summed E-state index contributed by atoms with van der Waals surface area (Å²) in [5, 5.41) is 5.37. The van der Waals surface area contributed by atoms with E-state index in [2.05, 4.69) is 64.5 Å². The molecule has 2 aliphatic carbocycles. The second kappa shape index (κ2) is 15.6. The lowest BCUT2D eigenvalue weighted by Gasteiger charge is -2.32. The number of nitrogens with zero attached hydrogens (tertiary/aromatic N) is 4. The van der Waals surface area contributed by atoms with Gasteiger partial charge in [0.2, 0.25) is 0 Å². The topological polar surface area (TPSA) is 102 Å². The molecule has 11 heteroatoms. The second-order valence-corrected chi connectivity index (χ2v) is 16.2. The molecule has 4 heterocycles. The van der Waals surface area contributed by atoms with E-state index in [1.807, 2.05) is 36.6 Å². The minimum Gasteiger partial charge on any atom is -0.497 e. The summed E-state index contributed by atoms with van der Waals surface area (Å²) in [6.45, 7) is 6.90. The third kappa shape index (κ3) is 7.60. The van der Waals surface area contributed by atoms with Gasteiger partial charge in [0.1, 0.15) is 11.5 Å². The van der Waals surface area contributed by atoms with Gasteiger partial charge < -0.3 is 23.5 Å². The quantitative estimate of drug-likeness (QED) is 0.142. The van der Waals surface area contributed by atoms with Crippen LogP contribution in [-0.2, 0) is 11.3 Å². The number of carbonyl (C=O) groups is 2. The number of aldehydes is 1. The number of benzene rings is 2. The van der Waals surface area contributed by atoms with E-state index in [0.717, 1.165) is 84.3 Å². The van der Waals surface area contributed by atoms with Crippen molar-refractivity contribution in [3.8, 4) is 17.0 Å². The van der Waals surface area contributed by atoms with Crippen LogP contribution in [0.25, 0.3) is 33.8 Å². The molecule has 4 aromatic rings. The molecule has 2 unspecified atom stereocenters. The maximum absolute atomic E-state index is 13.2.